The minimum Gasteiger partial charge on any atom is -0.485 e. The molecule has 4 nitrogen and oxygen atoms in total. The quantitative estimate of drug-likeness (QED) is 0.342. The van der Waals surface area contributed by atoms with Crippen molar-refractivity contribution in [2.24, 2.45) is 17.5 Å². The molecular formula is C14H18N2O2S. The van der Waals surface area contributed by atoms with Crippen molar-refractivity contribution in [2.75, 3.05) is 0 Å². The van der Waals surface area contributed by atoms with Crippen LogP contribution < -0.4 is 21.2 Å². The fourth-order valence-corrected chi connectivity index (χ4v) is 3.29. The van der Waals surface area contributed by atoms with Crippen LogP contribution in [-0.4, -0.2) is 11.5 Å². The second kappa shape index (κ2) is 5.07. The molecule has 19 heavy (non-hydrogen) atoms. The smallest absolute Gasteiger partial charge is 0.188 e. The van der Waals surface area contributed by atoms with Gasteiger partial charge in [-0.1, -0.05) is 24.3 Å². The first-order valence-electron chi connectivity index (χ1n) is 6.49. The van der Waals surface area contributed by atoms with Gasteiger partial charge in [0.1, 0.15) is 6.10 Å². The summed E-state index contributed by atoms with van der Waals surface area (Å²) < 4.78 is 6.00. The van der Waals surface area contributed by atoms with Crippen LogP contribution in [0.25, 0.3) is 0 Å². The highest BCUT2D eigenvalue weighted by Crippen LogP contribution is 2.53. The van der Waals surface area contributed by atoms with Crippen molar-refractivity contribution in [3.63, 3.8) is 0 Å². The maximum atomic E-state index is 6.00. The van der Waals surface area contributed by atoms with Crippen molar-refractivity contribution in [2.45, 2.75) is 30.2 Å². The first-order valence-corrected chi connectivity index (χ1v) is 7.00. The largest absolute Gasteiger partial charge is 0.485 e. The van der Waals surface area contributed by atoms with Crippen LogP contribution >= 0.6 is 12.6 Å². The zero-order valence-corrected chi connectivity index (χ0v) is 11.4. The molecular weight excluding hydrogens is 260 g/mol. The van der Waals surface area contributed by atoms with Crippen molar-refractivity contribution >= 4 is 12.6 Å². The molecule has 3 rings (SSSR count). The summed E-state index contributed by atoms with van der Waals surface area (Å²) >= 11 is 4.18. The number of thiol groups is 1. The van der Waals surface area contributed by atoms with Crippen molar-refractivity contribution in [3.8, 4) is 11.5 Å². The Morgan fingerprint density at radius 2 is 2.26 bits per heavy atom. The lowest BCUT2D eigenvalue weighted by Crippen LogP contribution is -2.15. The van der Waals surface area contributed by atoms with Gasteiger partial charge in [-0.3, -0.25) is 0 Å². The molecule has 1 fully saturated rings. The van der Waals surface area contributed by atoms with E-state index in [4.69, 9.17) is 21.2 Å². The fourth-order valence-electron chi connectivity index (χ4n) is 3.19. The molecule has 5 heteroatoms. The van der Waals surface area contributed by atoms with Crippen molar-refractivity contribution in [1.29, 1.82) is 0 Å². The summed E-state index contributed by atoms with van der Waals surface area (Å²) in [5.41, 5.74) is 6.85. The maximum Gasteiger partial charge on any atom is 0.188 e. The van der Waals surface area contributed by atoms with Gasteiger partial charge in [-0.15, -0.1) is 0 Å². The number of allylic oxidation sites excluding steroid dienone is 1. The standard InChI is InChI=1S/C14H18N2O2S/c15-12(19)7-5-8-4-6-10-13(8)9-2-1-3-11(18-16)14(9)17-10/h1-3,5,7-8,10,12-13,19H,4,6,15-16H2/b7-5+/t8?,10-,12+,13+/m0/s1. The van der Waals surface area contributed by atoms with E-state index in [1.807, 2.05) is 18.2 Å². The van der Waals surface area contributed by atoms with Gasteiger partial charge < -0.3 is 15.3 Å². The Morgan fingerprint density at radius 1 is 1.42 bits per heavy atom. The van der Waals surface area contributed by atoms with E-state index in [1.165, 1.54) is 5.56 Å². The van der Waals surface area contributed by atoms with Crippen LogP contribution in [0, 0.1) is 5.92 Å². The summed E-state index contributed by atoms with van der Waals surface area (Å²) in [6.07, 6.45) is 6.48. The van der Waals surface area contributed by atoms with Gasteiger partial charge in [0.25, 0.3) is 0 Å². The highest BCUT2D eigenvalue weighted by molar-refractivity contribution is 7.81. The Bertz CT molecular complexity index is 504. The first kappa shape index (κ1) is 12.8. The van der Waals surface area contributed by atoms with E-state index in [9.17, 15) is 0 Å². The number of ether oxygens (including phenoxy) is 1. The van der Waals surface area contributed by atoms with E-state index in [1.54, 1.807) is 0 Å². The molecule has 4 atom stereocenters. The average molecular weight is 278 g/mol. The molecule has 1 heterocycles. The summed E-state index contributed by atoms with van der Waals surface area (Å²) in [7, 11) is 0. The number of fused-ring (bicyclic) bond motifs is 3. The lowest BCUT2D eigenvalue weighted by molar-refractivity contribution is 0.209. The van der Waals surface area contributed by atoms with Crippen LogP contribution in [0.3, 0.4) is 0 Å². The van der Waals surface area contributed by atoms with E-state index in [0.717, 1.165) is 18.6 Å². The van der Waals surface area contributed by atoms with Crippen molar-refractivity contribution in [1.82, 2.24) is 0 Å². The third kappa shape index (κ3) is 2.22. The molecule has 0 amide bonds. The molecule has 0 bridgehead atoms. The predicted octanol–water partition coefficient (Wildman–Crippen LogP) is 1.96. The number of rotatable bonds is 3. The van der Waals surface area contributed by atoms with Crippen LogP contribution in [-0.2, 0) is 0 Å². The number of hydrogen-bond donors (Lipinski definition) is 3. The molecule has 4 N–H and O–H groups in total. The molecule has 1 aliphatic heterocycles. The molecule has 1 unspecified atom stereocenters. The van der Waals surface area contributed by atoms with Gasteiger partial charge in [0, 0.05) is 11.5 Å². The highest BCUT2D eigenvalue weighted by atomic mass is 32.1. The Balaban J connectivity index is 1.91. The van der Waals surface area contributed by atoms with Gasteiger partial charge in [-0.05, 0) is 24.8 Å². The molecule has 0 radical (unpaired) electrons. The van der Waals surface area contributed by atoms with Gasteiger partial charge in [0.15, 0.2) is 11.5 Å². The molecule has 2 aliphatic rings. The maximum absolute atomic E-state index is 6.00. The second-order valence-corrected chi connectivity index (χ2v) is 5.69. The fraction of sp³-hybridized carbons (Fsp3) is 0.429. The minimum absolute atomic E-state index is 0.209. The Labute approximate surface area is 118 Å². The zero-order valence-electron chi connectivity index (χ0n) is 10.5. The van der Waals surface area contributed by atoms with E-state index in [2.05, 4.69) is 24.8 Å². The van der Waals surface area contributed by atoms with Crippen LogP contribution in [0.2, 0.25) is 0 Å². The van der Waals surface area contributed by atoms with Gasteiger partial charge >= 0.3 is 0 Å². The summed E-state index contributed by atoms with van der Waals surface area (Å²) in [5, 5.41) is -0.209. The van der Waals surface area contributed by atoms with E-state index in [0.29, 0.717) is 17.6 Å². The molecule has 0 saturated heterocycles. The third-order valence-corrected chi connectivity index (χ3v) is 4.14. The molecule has 1 aliphatic carbocycles. The van der Waals surface area contributed by atoms with E-state index in [-0.39, 0.29) is 11.5 Å². The predicted molar refractivity (Wildman–Crippen MR) is 77.2 cm³/mol. The molecule has 1 saturated carbocycles. The molecule has 0 aromatic heterocycles. The van der Waals surface area contributed by atoms with Gasteiger partial charge in [-0.2, -0.15) is 18.5 Å². The number of para-hydroxylation sites is 1. The van der Waals surface area contributed by atoms with Gasteiger partial charge in [0.2, 0.25) is 0 Å². The topological polar surface area (TPSA) is 70.5 Å². The van der Waals surface area contributed by atoms with Crippen molar-refractivity contribution in [3.05, 3.63) is 35.9 Å². The second-order valence-electron chi connectivity index (χ2n) is 5.09. The lowest BCUT2D eigenvalue weighted by Gasteiger charge is -2.14. The number of hydrogen-bond acceptors (Lipinski definition) is 5. The van der Waals surface area contributed by atoms with Crippen LogP contribution in [0.4, 0.5) is 0 Å². The summed E-state index contributed by atoms with van der Waals surface area (Å²) in [4.78, 5) is 4.88. The van der Waals surface area contributed by atoms with Gasteiger partial charge in [0.05, 0.1) is 5.37 Å². The monoisotopic (exact) mass is 278 g/mol. The zero-order chi connectivity index (χ0) is 13.4. The molecule has 1 aromatic carbocycles. The summed E-state index contributed by atoms with van der Waals surface area (Å²) in [6, 6.07) is 5.87. The molecule has 1 aromatic rings. The summed E-state index contributed by atoms with van der Waals surface area (Å²) in [6.45, 7) is 0. The molecule has 102 valence electrons. The summed E-state index contributed by atoms with van der Waals surface area (Å²) in [5.74, 6) is 7.51. The SMILES string of the molecule is NOc1cccc2c1O[C@H]1CCC(/C=C/[C@H](N)S)[C@H]21. The normalized spacial score (nSPS) is 29.9. The Kier molecular flexibility index (Phi) is 3.43. The Hall–Kier alpha value is -1.17. The van der Waals surface area contributed by atoms with Crippen LogP contribution in [0.5, 0.6) is 11.5 Å². The average Bonchev–Trinajstić information content (AvgIpc) is 2.94. The van der Waals surface area contributed by atoms with E-state index < -0.39 is 0 Å². The minimum atomic E-state index is -0.209. The third-order valence-electron chi connectivity index (χ3n) is 3.97. The highest BCUT2D eigenvalue weighted by Gasteiger charge is 2.44. The lowest BCUT2D eigenvalue weighted by atomic mass is 9.88. The number of nitrogens with two attached hydrogens (primary N) is 2. The van der Waals surface area contributed by atoms with Crippen LogP contribution in [0.15, 0.2) is 30.4 Å². The first-order chi connectivity index (χ1) is 9.20. The van der Waals surface area contributed by atoms with Crippen molar-refractivity contribution < 1.29 is 9.57 Å². The van der Waals surface area contributed by atoms with Gasteiger partial charge in [-0.25, -0.2) is 0 Å². The molecule has 0 spiro atoms. The van der Waals surface area contributed by atoms with Crippen LogP contribution in [0.1, 0.15) is 24.3 Å². The van der Waals surface area contributed by atoms with E-state index >= 15 is 0 Å². The number of benzene rings is 1. The Morgan fingerprint density at radius 3 is 3.00 bits per heavy atom.